The number of hydrogen-bond acceptors (Lipinski definition) is 4. The molecule has 0 atom stereocenters. The van der Waals surface area contributed by atoms with Crippen LogP contribution in [0.5, 0.6) is 5.75 Å². The first kappa shape index (κ1) is 31.4. The van der Waals surface area contributed by atoms with Gasteiger partial charge < -0.3 is 19.3 Å². The highest BCUT2D eigenvalue weighted by molar-refractivity contribution is 14.1. The molecule has 1 aromatic heterocycles. The van der Waals surface area contributed by atoms with E-state index in [1.807, 2.05) is 23.1 Å². The van der Waals surface area contributed by atoms with Gasteiger partial charge in [0, 0.05) is 34.3 Å². The van der Waals surface area contributed by atoms with Gasteiger partial charge in [-0.05, 0) is 120 Å². The number of carboxylic acids is 1. The minimum Gasteiger partial charge on any atom is -0.489 e. The Morgan fingerprint density at radius 2 is 1.70 bits per heavy atom. The lowest BCUT2D eigenvalue weighted by Gasteiger charge is -2.27. The lowest BCUT2D eigenvalue weighted by atomic mass is 9.94. The fraction of sp³-hybridized carbons (Fsp3) is 0.289. The first-order valence-electron chi connectivity index (χ1n) is 16.2. The van der Waals surface area contributed by atoms with Crippen LogP contribution in [0.15, 0.2) is 78.9 Å². The van der Waals surface area contributed by atoms with E-state index >= 15 is 4.39 Å². The van der Waals surface area contributed by atoms with Gasteiger partial charge >= 0.3 is 5.97 Å². The first-order chi connectivity index (χ1) is 22.9. The van der Waals surface area contributed by atoms with E-state index in [0.29, 0.717) is 35.6 Å². The summed E-state index contributed by atoms with van der Waals surface area (Å²) in [6.07, 6.45) is 7.70. The van der Waals surface area contributed by atoms with Gasteiger partial charge in [-0.1, -0.05) is 37.5 Å². The molecule has 2 aliphatic rings. The highest BCUT2D eigenvalue weighted by Gasteiger charge is 2.25. The maximum Gasteiger partial charge on any atom is 0.335 e. The molecular weight excluding hydrogens is 708 g/mol. The Morgan fingerprint density at radius 1 is 0.915 bits per heavy atom. The SMILES string of the molecule is O=C(O)c1ccc2c(c1)nc(-c1ccc(OCc3cc(N4CCCCC4=O)ccc3-c3ccc(I)cc3)cc1F)n2C1CCCCC1. The van der Waals surface area contributed by atoms with E-state index in [1.54, 1.807) is 30.3 Å². The number of fused-ring (bicyclic) bond motifs is 1. The average Bonchev–Trinajstić information content (AvgIpc) is 3.47. The molecule has 47 heavy (non-hydrogen) atoms. The lowest BCUT2D eigenvalue weighted by molar-refractivity contribution is -0.119. The fourth-order valence-corrected chi connectivity index (χ4v) is 7.28. The van der Waals surface area contributed by atoms with Gasteiger partial charge in [-0.2, -0.15) is 0 Å². The monoisotopic (exact) mass is 743 g/mol. The quantitative estimate of drug-likeness (QED) is 0.160. The summed E-state index contributed by atoms with van der Waals surface area (Å²) in [5, 5.41) is 9.55. The van der Waals surface area contributed by atoms with E-state index in [1.165, 1.54) is 12.5 Å². The third kappa shape index (κ3) is 6.50. The van der Waals surface area contributed by atoms with Crippen LogP contribution in [0, 0.1) is 9.39 Å². The molecule has 0 unspecified atom stereocenters. The second kappa shape index (κ2) is 13.5. The Kier molecular flexibility index (Phi) is 8.98. The van der Waals surface area contributed by atoms with Gasteiger partial charge in [-0.15, -0.1) is 0 Å². The molecule has 0 radical (unpaired) electrons. The smallest absolute Gasteiger partial charge is 0.335 e. The van der Waals surface area contributed by atoms with Gasteiger partial charge in [0.15, 0.2) is 0 Å². The summed E-state index contributed by atoms with van der Waals surface area (Å²) in [4.78, 5) is 31.0. The molecule has 2 heterocycles. The van der Waals surface area contributed by atoms with Crippen molar-refractivity contribution < 1.29 is 23.8 Å². The molecule has 1 aliphatic heterocycles. The summed E-state index contributed by atoms with van der Waals surface area (Å²) in [7, 11) is 0. The Bertz CT molecular complexity index is 1970. The number of halogens is 2. The number of carbonyl (C=O) groups excluding carboxylic acids is 1. The van der Waals surface area contributed by atoms with Gasteiger partial charge in [0.1, 0.15) is 24.0 Å². The van der Waals surface area contributed by atoms with Crippen molar-refractivity contribution in [3.63, 3.8) is 0 Å². The lowest BCUT2D eigenvalue weighted by Crippen LogP contribution is -2.35. The average molecular weight is 744 g/mol. The predicted molar refractivity (Wildman–Crippen MR) is 189 cm³/mol. The number of hydrogen-bond donors (Lipinski definition) is 1. The molecule has 1 saturated heterocycles. The van der Waals surface area contributed by atoms with E-state index in [0.717, 1.165) is 70.0 Å². The number of imidazole rings is 1. The zero-order valence-corrected chi connectivity index (χ0v) is 28.1. The Hall–Kier alpha value is -4.25. The minimum absolute atomic E-state index is 0.126. The van der Waals surface area contributed by atoms with E-state index < -0.39 is 11.8 Å². The van der Waals surface area contributed by atoms with Gasteiger partial charge in [-0.25, -0.2) is 14.2 Å². The number of anilines is 1. The number of nitrogens with zero attached hydrogens (tertiary/aromatic N) is 3. The van der Waals surface area contributed by atoms with Crippen molar-refractivity contribution in [2.75, 3.05) is 11.4 Å². The molecule has 1 amide bonds. The van der Waals surface area contributed by atoms with E-state index in [2.05, 4.69) is 51.4 Å². The van der Waals surface area contributed by atoms with Crippen LogP contribution in [-0.2, 0) is 11.4 Å². The van der Waals surface area contributed by atoms with Crippen LogP contribution in [-0.4, -0.2) is 33.1 Å². The Labute approximate surface area is 286 Å². The van der Waals surface area contributed by atoms with Gasteiger partial charge in [0.05, 0.1) is 22.2 Å². The first-order valence-corrected chi connectivity index (χ1v) is 17.3. The number of carboxylic acid groups (broad SMARTS) is 1. The maximum atomic E-state index is 16.0. The summed E-state index contributed by atoms with van der Waals surface area (Å²) in [5.74, 6) is -0.474. The van der Waals surface area contributed by atoms with Crippen LogP contribution in [0.4, 0.5) is 10.1 Å². The van der Waals surface area contributed by atoms with E-state index in [9.17, 15) is 14.7 Å². The minimum atomic E-state index is -1.02. The molecule has 1 saturated carbocycles. The van der Waals surface area contributed by atoms with Crippen LogP contribution < -0.4 is 9.64 Å². The van der Waals surface area contributed by atoms with Crippen LogP contribution in [0.1, 0.15) is 73.3 Å². The molecule has 9 heteroatoms. The van der Waals surface area contributed by atoms with Crippen molar-refractivity contribution in [2.24, 2.45) is 0 Å². The second-order valence-corrected chi connectivity index (χ2v) is 13.6. The van der Waals surface area contributed by atoms with Crippen molar-refractivity contribution in [3.05, 3.63) is 99.4 Å². The number of piperidine rings is 1. The molecule has 7 nitrogen and oxygen atoms in total. The molecule has 5 aromatic rings. The van der Waals surface area contributed by atoms with E-state index in [-0.39, 0.29) is 24.1 Å². The molecule has 1 N–H and O–H groups in total. The van der Waals surface area contributed by atoms with Gasteiger partial charge in [0.25, 0.3) is 0 Å². The summed E-state index contributed by atoms with van der Waals surface area (Å²) in [6, 6.07) is 24.2. The van der Waals surface area contributed by atoms with Crippen molar-refractivity contribution >= 4 is 51.2 Å². The highest BCUT2D eigenvalue weighted by atomic mass is 127. The molecule has 4 aromatic carbocycles. The number of rotatable bonds is 8. The number of carbonyl (C=O) groups is 2. The number of aromatic carboxylic acids is 1. The zero-order chi connectivity index (χ0) is 32.5. The van der Waals surface area contributed by atoms with Crippen molar-refractivity contribution in [1.82, 2.24) is 9.55 Å². The maximum absolute atomic E-state index is 16.0. The van der Waals surface area contributed by atoms with Crippen LogP contribution >= 0.6 is 22.6 Å². The predicted octanol–water partition coefficient (Wildman–Crippen LogP) is 9.41. The van der Waals surface area contributed by atoms with Crippen molar-refractivity contribution in [3.8, 4) is 28.3 Å². The number of aromatic nitrogens is 2. The van der Waals surface area contributed by atoms with Crippen LogP contribution in [0.3, 0.4) is 0 Å². The Morgan fingerprint density at radius 3 is 2.45 bits per heavy atom. The standard InChI is InChI=1S/C38H35FIN3O4/c39-33-22-30(15-17-32(33)37-41-34-21-25(38(45)46)11-18-35(34)43(37)28-6-2-1-3-7-28)47-23-26-20-29(42-19-5-4-8-36(42)44)14-16-31(26)24-9-12-27(40)13-10-24/h9-18,20-22,28H,1-8,19,23H2,(H,45,46). The summed E-state index contributed by atoms with van der Waals surface area (Å²) in [6.45, 7) is 0.881. The normalized spacial score (nSPS) is 15.7. The van der Waals surface area contributed by atoms with E-state index in [4.69, 9.17) is 9.72 Å². The summed E-state index contributed by atoms with van der Waals surface area (Å²) >= 11 is 2.28. The van der Waals surface area contributed by atoms with Crippen molar-refractivity contribution in [1.29, 1.82) is 0 Å². The molecular formula is C38H35FIN3O4. The third-order valence-corrected chi connectivity index (χ3v) is 10.1. The van der Waals surface area contributed by atoms with Crippen LogP contribution in [0.2, 0.25) is 0 Å². The number of amides is 1. The molecule has 1 aliphatic carbocycles. The molecule has 0 spiro atoms. The van der Waals surface area contributed by atoms with Gasteiger partial charge in [0.2, 0.25) is 5.91 Å². The summed E-state index contributed by atoms with van der Waals surface area (Å²) < 4.78 is 25.5. The number of ether oxygens (including phenoxy) is 1. The number of benzene rings is 4. The molecule has 2 fully saturated rings. The summed E-state index contributed by atoms with van der Waals surface area (Å²) in [5.41, 5.74) is 5.63. The highest BCUT2D eigenvalue weighted by Crippen LogP contribution is 2.38. The zero-order valence-electron chi connectivity index (χ0n) is 25.9. The Balaban J connectivity index is 1.21. The molecule has 7 rings (SSSR count). The molecule has 240 valence electrons. The largest absolute Gasteiger partial charge is 0.489 e. The van der Waals surface area contributed by atoms with Gasteiger partial charge in [-0.3, -0.25) is 4.79 Å². The third-order valence-electron chi connectivity index (χ3n) is 9.33. The van der Waals surface area contributed by atoms with Crippen LogP contribution in [0.25, 0.3) is 33.5 Å². The topological polar surface area (TPSA) is 84.7 Å². The fourth-order valence-electron chi connectivity index (χ4n) is 6.92. The molecule has 0 bridgehead atoms. The second-order valence-electron chi connectivity index (χ2n) is 12.4. The van der Waals surface area contributed by atoms with Crippen molar-refractivity contribution in [2.45, 2.75) is 64.0 Å².